The van der Waals surface area contributed by atoms with Gasteiger partial charge >= 0.3 is 7.55 Å². The molecular weight excluding hydrogens is 1000 g/mol. The van der Waals surface area contributed by atoms with Crippen molar-refractivity contribution in [3.8, 4) is 28.1 Å². The smallest absolute Gasteiger partial charge is 0.493 e. The molecule has 0 saturated heterocycles. The lowest BCUT2D eigenvalue weighted by molar-refractivity contribution is -0.312. The highest BCUT2D eigenvalue weighted by atomic mass is 35.5. The summed E-state index contributed by atoms with van der Waals surface area (Å²) in [5.74, 6) is -9.94. The highest BCUT2D eigenvalue weighted by Gasteiger charge is 2.45. The predicted molar refractivity (Wildman–Crippen MR) is 283 cm³/mol. The van der Waals surface area contributed by atoms with Crippen LogP contribution in [0.1, 0.15) is 59.2 Å². The van der Waals surface area contributed by atoms with Crippen molar-refractivity contribution in [3.05, 3.63) is 220 Å². The van der Waals surface area contributed by atoms with Crippen LogP contribution in [-0.4, -0.2) is 33.4 Å². The third-order valence-corrected chi connectivity index (χ3v) is 16.0. The second-order valence-corrected chi connectivity index (χ2v) is 20.4. The van der Waals surface area contributed by atoms with Crippen LogP contribution in [-0.2, 0) is 25.8 Å². The van der Waals surface area contributed by atoms with Crippen LogP contribution >= 0.6 is 23.2 Å². The van der Waals surface area contributed by atoms with Gasteiger partial charge in [0.05, 0.1) is 27.8 Å². The summed E-state index contributed by atoms with van der Waals surface area (Å²) in [6.45, 7) is 0.116. The van der Waals surface area contributed by atoms with Crippen molar-refractivity contribution in [1.29, 1.82) is 0 Å². The van der Waals surface area contributed by atoms with Gasteiger partial charge in [-0.2, -0.15) is 0 Å². The zero-order chi connectivity index (χ0) is 51.1. The molecule has 2 aliphatic carbocycles. The second-order valence-electron chi connectivity index (χ2n) is 19.6. The molecule has 3 aromatic heterocycles. The van der Waals surface area contributed by atoms with E-state index in [0.717, 1.165) is 60.1 Å². The number of hydrogen-bond donors (Lipinski definition) is 0. The number of aromatic nitrogens is 2. The maximum absolute atomic E-state index is 15.0. The molecule has 7 nitrogen and oxygen atoms in total. The third-order valence-electron chi connectivity index (χ3n) is 15.4. The molecule has 0 fully saturated rings. The van der Waals surface area contributed by atoms with E-state index in [9.17, 15) is 31.5 Å². The van der Waals surface area contributed by atoms with Crippen molar-refractivity contribution in [2.45, 2.75) is 51.5 Å². The van der Waals surface area contributed by atoms with Crippen molar-refractivity contribution in [3.63, 3.8) is 0 Å². The van der Waals surface area contributed by atoms with Crippen molar-refractivity contribution < 1.29 is 35.6 Å². The predicted octanol–water partition coefficient (Wildman–Crippen LogP) is 13.9. The van der Waals surface area contributed by atoms with E-state index >= 15 is 0 Å². The van der Waals surface area contributed by atoms with Gasteiger partial charge in [0.15, 0.2) is 34.7 Å². The third kappa shape index (κ3) is 6.82. The Morgan fingerprint density at radius 3 is 2.00 bits per heavy atom. The van der Waals surface area contributed by atoms with E-state index in [4.69, 9.17) is 32.4 Å². The summed E-state index contributed by atoms with van der Waals surface area (Å²) in [4.78, 5) is 28.4. The number of benzene rings is 7. The molecule has 10 aromatic rings. The van der Waals surface area contributed by atoms with Gasteiger partial charge in [0.1, 0.15) is 16.9 Å². The van der Waals surface area contributed by atoms with Gasteiger partial charge < -0.3 is 13.6 Å². The first-order valence-corrected chi connectivity index (χ1v) is 25.5. The molecule has 0 bridgehead atoms. The van der Waals surface area contributed by atoms with Crippen LogP contribution in [0.3, 0.4) is 0 Å². The average Bonchev–Trinajstić information content (AvgIpc) is 3.93. The van der Waals surface area contributed by atoms with Gasteiger partial charge in [-0.1, -0.05) is 77.8 Å². The van der Waals surface area contributed by atoms with Gasteiger partial charge in [-0.15, -0.1) is 0 Å². The molecule has 4 aliphatic rings. The Hall–Kier alpha value is -7.74. The number of allylic oxidation sites excluding steroid dienone is 2. The topological polar surface area (TPSA) is 69.4 Å². The van der Waals surface area contributed by atoms with Crippen LogP contribution < -0.4 is 15.9 Å². The Labute approximate surface area is 434 Å². The van der Waals surface area contributed by atoms with Crippen LogP contribution in [0.25, 0.3) is 71.4 Å². The first-order valence-electron chi connectivity index (χ1n) is 24.7. The van der Waals surface area contributed by atoms with E-state index in [0.29, 0.717) is 43.1 Å². The summed E-state index contributed by atoms with van der Waals surface area (Å²) in [7, 11) is 2.24. The van der Waals surface area contributed by atoms with Crippen molar-refractivity contribution in [2.75, 3.05) is 6.61 Å². The van der Waals surface area contributed by atoms with Gasteiger partial charge in [-0.25, -0.2) is 22.0 Å². The molecule has 367 valence electrons. The molecule has 1 radical (unpaired) electrons. The van der Waals surface area contributed by atoms with E-state index in [2.05, 4.69) is 77.2 Å². The summed E-state index contributed by atoms with van der Waals surface area (Å²) in [5.41, 5.74) is 11.6. The minimum absolute atomic E-state index is 0.0102. The van der Waals surface area contributed by atoms with Gasteiger partial charge in [0.25, 0.3) is 11.1 Å². The second kappa shape index (κ2) is 17.2. The maximum atomic E-state index is 15.0. The fourth-order valence-electron chi connectivity index (χ4n) is 12.1. The van der Waals surface area contributed by atoms with Crippen molar-refractivity contribution in [1.82, 2.24) is 9.05 Å². The molecule has 14 rings (SSSR count). The van der Waals surface area contributed by atoms with E-state index < -0.39 is 45.8 Å². The first kappa shape index (κ1) is 45.8. The lowest BCUT2D eigenvalue weighted by atomic mass is 9.91. The molecule has 0 spiro atoms. The number of ether oxygens (including phenoxy) is 1. The molecule has 0 unspecified atom stereocenters. The molecule has 15 heteroatoms. The molecule has 7 aromatic carbocycles. The molecule has 0 saturated carbocycles. The van der Waals surface area contributed by atoms with Crippen molar-refractivity contribution in [2.24, 2.45) is 0 Å². The summed E-state index contributed by atoms with van der Waals surface area (Å²) < 4.78 is 90.6. The van der Waals surface area contributed by atoms with Crippen LogP contribution in [0.5, 0.6) is 5.75 Å². The fraction of sp³-hybridized carbons (Fsp3) is 0.150. The molecule has 2 aliphatic heterocycles. The summed E-state index contributed by atoms with van der Waals surface area (Å²) in [6.07, 6.45) is 8.43. The SMILES string of the molecule is O=c1c2ccc3oc4ccc(-c5c(F)c(F)c(F)c(F)c5F)cc4c4ccc(c(=O)n1CCCOc1cc(Cl)c(C5=C6C=C7CCCc8ccccc8C7=[N+]6[B]n6c5cc5c6-c6ccccc6CCC5)c(Cl)c1)c2c34. The van der Waals surface area contributed by atoms with Crippen molar-refractivity contribution >= 4 is 85.5 Å². The average molecular weight is 1040 g/mol. The standard InChI is InChI=1S/C60H37BCl2F5N3O4/c62-41-27-34(28-42(63)50(41)51-43-25-32-12-5-10-29-8-1-3-14-35(29)57(32)70(43)61-71-44(51)26-33-13-6-11-30-9-2-4-15-36(30)58(33)71)74-23-7-22-69-59(72)38-18-17-37-40-24-31(47-52(64)54(66)56(68)55(67)53(47)65)16-20-45(40)75-46-21-19-39(60(69)73)48(38)49(37)46/h1-4,8-9,14-21,24-28H,5-7,10-13,22-23H2/q+1. The van der Waals surface area contributed by atoms with E-state index in [1.54, 1.807) is 36.4 Å². The largest absolute Gasteiger partial charge is 0.700 e. The number of hydrogen-bond acceptors (Lipinski definition) is 4. The molecule has 0 atom stereocenters. The Bertz CT molecular complexity index is 4360. The number of halogens is 7. The normalized spacial score (nSPS) is 14.9. The number of aryl methyl sites for hydroxylation is 3. The molecule has 75 heavy (non-hydrogen) atoms. The van der Waals surface area contributed by atoms with Crippen LogP contribution in [0.4, 0.5) is 22.0 Å². The quantitative estimate of drug-likeness (QED) is 0.0303. The molecule has 5 heterocycles. The summed E-state index contributed by atoms with van der Waals surface area (Å²) in [6, 6.07) is 33.3. The highest BCUT2D eigenvalue weighted by Crippen LogP contribution is 2.48. The summed E-state index contributed by atoms with van der Waals surface area (Å²) >= 11 is 14.7. The lowest BCUT2D eigenvalue weighted by Crippen LogP contribution is -2.33. The summed E-state index contributed by atoms with van der Waals surface area (Å²) in [5, 5.41) is 2.66. The van der Waals surface area contributed by atoms with Gasteiger partial charge in [-0.05, 0) is 127 Å². The van der Waals surface area contributed by atoms with Gasteiger partial charge in [0.2, 0.25) is 5.82 Å². The minimum Gasteiger partial charge on any atom is -0.493 e. The fourth-order valence-corrected chi connectivity index (χ4v) is 12.8. The van der Waals surface area contributed by atoms with E-state index in [1.807, 2.05) is 0 Å². The van der Waals surface area contributed by atoms with E-state index in [-0.39, 0.29) is 46.9 Å². The lowest BCUT2D eigenvalue weighted by Gasteiger charge is -2.22. The number of fused-ring (bicyclic) bond motifs is 11. The number of nitrogens with zero attached hydrogens (tertiary/aromatic N) is 3. The number of rotatable bonds is 7. The Balaban J connectivity index is 0.792. The zero-order valence-corrected chi connectivity index (χ0v) is 41.0. The molecule has 0 amide bonds. The van der Waals surface area contributed by atoms with Crippen LogP contribution in [0, 0.1) is 29.1 Å². The maximum Gasteiger partial charge on any atom is 0.700 e. The van der Waals surface area contributed by atoms with Gasteiger partial charge in [-0.3, -0.25) is 18.6 Å². The van der Waals surface area contributed by atoms with Crippen LogP contribution in [0.2, 0.25) is 10.0 Å². The zero-order valence-electron chi connectivity index (χ0n) is 39.5. The van der Waals surface area contributed by atoms with E-state index in [1.165, 1.54) is 63.0 Å². The molecule has 0 N–H and O–H groups in total. The Morgan fingerprint density at radius 1 is 0.627 bits per heavy atom. The first-order chi connectivity index (χ1) is 36.4. The minimum atomic E-state index is -2.26. The van der Waals surface area contributed by atoms with Crippen LogP contribution in [0.15, 0.2) is 141 Å². The van der Waals surface area contributed by atoms with Gasteiger partial charge in [0, 0.05) is 73.2 Å². The monoisotopic (exact) mass is 1040 g/mol. The molecular formula is C60H37BCl2F5N3O4+. The number of pyridine rings is 1. The Morgan fingerprint density at radius 2 is 1.25 bits per heavy atom. The highest BCUT2D eigenvalue weighted by molar-refractivity contribution is 6.39. The Kier molecular flexibility index (Phi) is 10.5.